The molecule has 12 heteroatoms. The Labute approximate surface area is 247 Å². The summed E-state index contributed by atoms with van der Waals surface area (Å²) >= 11 is 0. The summed E-state index contributed by atoms with van der Waals surface area (Å²) in [5.74, 6) is -0.371. The summed E-state index contributed by atoms with van der Waals surface area (Å²) < 4.78 is 43.1. The Morgan fingerprint density at radius 1 is 0.977 bits per heavy atom. The molecule has 2 unspecified atom stereocenters. The summed E-state index contributed by atoms with van der Waals surface area (Å²) in [7, 11) is 0. The molecule has 0 saturated heterocycles. The fourth-order valence-electron chi connectivity index (χ4n) is 4.75. The lowest BCUT2D eigenvalue weighted by Gasteiger charge is -2.23. The Bertz CT molecular complexity index is 1550. The SMILES string of the molecule is CC(C)(C)c1nc(-c2ccnc(Nc3ccccc3)n2)c(-c2cccc(C(F)(F)F)c2)n1CCC(O)CC(O)CC(=O)O. The number of benzene rings is 2. The molecule has 0 fully saturated rings. The average Bonchev–Trinajstić information content (AvgIpc) is 3.32. The van der Waals surface area contributed by atoms with Crippen LogP contribution in [0.4, 0.5) is 24.8 Å². The highest BCUT2D eigenvalue weighted by atomic mass is 19.4. The van der Waals surface area contributed by atoms with Gasteiger partial charge in [-0.3, -0.25) is 4.79 Å². The number of anilines is 2. The lowest BCUT2D eigenvalue weighted by Crippen LogP contribution is -2.24. The number of halogens is 3. The number of nitrogens with zero attached hydrogens (tertiary/aromatic N) is 4. The van der Waals surface area contributed by atoms with Gasteiger partial charge in [-0.15, -0.1) is 0 Å². The van der Waals surface area contributed by atoms with Crippen molar-refractivity contribution in [3.05, 3.63) is 78.2 Å². The van der Waals surface area contributed by atoms with Crippen LogP contribution in [0.25, 0.3) is 22.6 Å². The molecule has 0 amide bonds. The standard InChI is InChI=1S/C31H34F3N5O4/c1-30(2,3)28-38-26(24-12-14-35-29(37-24)36-21-10-5-4-6-11-21)27(19-8-7-9-20(16-19)31(32,33)34)39(28)15-13-22(40)17-23(41)18-25(42)43/h4-12,14,16,22-23,40-41H,13,15,17-18H2,1-3H3,(H,42,43)(H,35,36,37). The summed E-state index contributed by atoms with van der Waals surface area (Å²) in [4.78, 5) is 24.8. The Kier molecular flexibility index (Phi) is 9.51. The van der Waals surface area contributed by atoms with Crippen LogP contribution in [0.15, 0.2) is 66.9 Å². The summed E-state index contributed by atoms with van der Waals surface area (Å²) in [6.45, 7) is 5.88. The minimum atomic E-state index is -4.58. The topological polar surface area (TPSA) is 133 Å². The first-order valence-corrected chi connectivity index (χ1v) is 13.7. The van der Waals surface area contributed by atoms with Gasteiger partial charge in [0.1, 0.15) is 11.5 Å². The van der Waals surface area contributed by atoms with Crippen LogP contribution in [0.3, 0.4) is 0 Å². The molecule has 228 valence electrons. The number of imidazole rings is 1. The van der Waals surface area contributed by atoms with Crippen LogP contribution < -0.4 is 5.32 Å². The van der Waals surface area contributed by atoms with Gasteiger partial charge in [0.2, 0.25) is 5.95 Å². The predicted octanol–water partition coefficient (Wildman–Crippen LogP) is 6.04. The maximum absolute atomic E-state index is 13.8. The number of aliphatic carboxylic acids is 1. The molecule has 0 aliphatic heterocycles. The van der Waals surface area contributed by atoms with Crippen molar-refractivity contribution in [2.75, 3.05) is 5.32 Å². The van der Waals surface area contributed by atoms with Crippen molar-refractivity contribution in [3.63, 3.8) is 0 Å². The van der Waals surface area contributed by atoms with Crippen LogP contribution in [0, 0.1) is 0 Å². The lowest BCUT2D eigenvalue weighted by molar-refractivity contribution is -0.139. The highest BCUT2D eigenvalue weighted by molar-refractivity contribution is 5.78. The second-order valence-electron chi connectivity index (χ2n) is 11.3. The number of carboxylic acids is 1. The highest BCUT2D eigenvalue weighted by Gasteiger charge is 2.33. The summed E-state index contributed by atoms with van der Waals surface area (Å²) in [6.07, 6.45) is -5.94. The zero-order chi connectivity index (χ0) is 31.4. The molecule has 2 aromatic heterocycles. The molecule has 0 spiro atoms. The highest BCUT2D eigenvalue weighted by Crippen LogP contribution is 2.39. The first kappa shape index (κ1) is 31.6. The average molecular weight is 598 g/mol. The van der Waals surface area contributed by atoms with E-state index in [0.29, 0.717) is 22.9 Å². The number of aromatic nitrogens is 4. The van der Waals surface area contributed by atoms with Crippen molar-refractivity contribution in [2.24, 2.45) is 0 Å². The number of carbonyl (C=O) groups is 1. The lowest BCUT2D eigenvalue weighted by atomic mass is 9.95. The predicted molar refractivity (Wildman–Crippen MR) is 156 cm³/mol. The van der Waals surface area contributed by atoms with Gasteiger partial charge in [0, 0.05) is 29.4 Å². The van der Waals surface area contributed by atoms with E-state index in [1.165, 1.54) is 12.3 Å². The Morgan fingerprint density at radius 3 is 2.35 bits per heavy atom. The van der Waals surface area contributed by atoms with Crippen molar-refractivity contribution in [1.29, 1.82) is 0 Å². The number of rotatable bonds is 11. The monoisotopic (exact) mass is 597 g/mol. The molecule has 0 aliphatic rings. The van der Waals surface area contributed by atoms with Gasteiger partial charge in [0.05, 0.1) is 35.6 Å². The van der Waals surface area contributed by atoms with E-state index in [-0.39, 0.29) is 30.9 Å². The van der Waals surface area contributed by atoms with Gasteiger partial charge in [-0.25, -0.2) is 15.0 Å². The van der Waals surface area contributed by atoms with E-state index in [1.807, 2.05) is 51.1 Å². The molecular formula is C31H34F3N5O4. The Hall–Kier alpha value is -4.29. The van der Waals surface area contributed by atoms with Crippen molar-refractivity contribution in [1.82, 2.24) is 19.5 Å². The zero-order valence-electron chi connectivity index (χ0n) is 24.0. The molecular weight excluding hydrogens is 563 g/mol. The number of aliphatic hydroxyl groups is 2. The molecule has 4 aromatic rings. The third kappa shape index (κ3) is 8.17. The fraction of sp³-hybridized carbons (Fsp3) is 0.355. The molecule has 4 rings (SSSR count). The maximum atomic E-state index is 13.8. The number of nitrogens with one attached hydrogen (secondary N) is 1. The third-order valence-corrected chi connectivity index (χ3v) is 6.67. The van der Waals surface area contributed by atoms with Crippen molar-refractivity contribution in [3.8, 4) is 22.6 Å². The number of carboxylic acid groups (broad SMARTS) is 1. The van der Waals surface area contributed by atoms with Crippen LogP contribution >= 0.6 is 0 Å². The van der Waals surface area contributed by atoms with Crippen molar-refractivity contribution < 1.29 is 33.3 Å². The minimum absolute atomic E-state index is 0.0894. The van der Waals surface area contributed by atoms with E-state index in [1.54, 1.807) is 16.7 Å². The molecule has 43 heavy (non-hydrogen) atoms. The molecule has 0 radical (unpaired) electrons. The van der Waals surface area contributed by atoms with Crippen LogP contribution in [0.2, 0.25) is 0 Å². The number of hydrogen-bond acceptors (Lipinski definition) is 7. The number of hydrogen-bond donors (Lipinski definition) is 4. The van der Waals surface area contributed by atoms with E-state index in [0.717, 1.165) is 17.8 Å². The molecule has 9 nitrogen and oxygen atoms in total. The van der Waals surface area contributed by atoms with E-state index in [4.69, 9.17) is 10.1 Å². The quantitative estimate of drug-likeness (QED) is 0.164. The van der Waals surface area contributed by atoms with Crippen LogP contribution in [0.1, 0.15) is 51.4 Å². The van der Waals surface area contributed by atoms with Gasteiger partial charge in [0.15, 0.2) is 0 Å². The number of aliphatic hydroxyl groups excluding tert-OH is 2. The largest absolute Gasteiger partial charge is 0.481 e. The normalized spacial score (nSPS) is 13.5. The van der Waals surface area contributed by atoms with Gasteiger partial charge in [-0.2, -0.15) is 13.2 Å². The van der Waals surface area contributed by atoms with Crippen molar-refractivity contribution in [2.45, 2.75) is 70.4 Å². The second kappa shape index (κ2) is 12.9. The van der Waals surface area contributed by atoms with Gasteiger partial charge >= 0.3 is 12.1 Å². The summed E-state index contributed by atoms with van der Waals surface area (Å²) in [5.41, 5.74) is 0.694. The van der Waals surface area contributed by atoms with Gasteiger partial charge < -0.3 is 25.2 Å². The van der Waals surface area contributed by atoms with E-state index in [2.05, 4.69) is 15.3 Å². The molecule has 4 N–H and O–H groups in total. The molecule has 0 saturated carbocycles. The molecule has 2 atom stereocenters. The number of alkyl halides is 3. The van der Waals surface area contributed by atoms with Crippen LogP contribution in [0.5, 0.6) is 0 Å². The van der Waals surface area contributed by atoms with Crippen LogP contribution in [-0.2, 0) is 22.9 Å². The van der Waals surface area contributed by atoms with E-state index in [9.17, 15) is 28.2 Å². The Balaban J connectivity index is 1.83. The molecule has 2 aromatic carbocycles. The second-order valence-corrected chi connectivity index (χ2v) is 11.3. The molecule has 0 bridgehead atoms. The Morgan fingerprint density at radius 2 is 1.70 bits per heavy atom. The van der Waals surface area contributed by atoms with Gasteiger partial charge in [0.25, 0.3) is 0 Å². The van der Waals surface area contributed by atoms with Crippen LogP contribution in [-0.4, -0.2) is 53.0 Å². The smallest absolute Gasteiger partial charge is 0.416 e. The first-order chi connectivity index (χ1) is 20.2. The first-order valence-electron chi connectivity index (χ1n) is 13.7. The minimum Gasteiger partial charge on any atom is -0.481 e. The summed E-state index contributed by atoms with van der Waals surface area (Å²) in [6, 6.07) is 15.8. The van der Waals surface area contributed by atoms with Gasteiger partial charge in [-0.1, -0.05) is 51.1 Å². The zero-order valence-corrected chi connectivity index (χ0v) is 24.0. The number of para-hydroxylation sites is 1. The van der Waals surface area contributed by atoms with E-state index >= 15 is 0 Å². The molecule has 0 aliphatic carbocycles. The molecule has 2 heterocycles. The van der Waals surface area contributed by atoms with Crippen molar-refractivity contribution >= 4 is 17.6 Å². The maximum Gasteiger partial charge on any atom is 0.416 e. The third-order valence-electron chi connectivity index (χ3n) is 6.67. The fourth-order valence-corrected chi connectivity index (χ4v) is 4.75. The van der Waals surface area contributed by atoms with Gasteiger partial charge in [-0.05, 0) is 43.2 Å². The summed E-state index contributed by atoms with van der Waals surface area (Å²) in [5, 5.41) is 32.7. The van der Waals surface area contributed by atoms with E-state index < -0.39 is 41.8 Å².